The number of aromatic hydroxyl groups is 1. The first-order valence-electron chi connectivity index (χ1n) is 12.8. The molecule has 36 heavy (non-hydrogen) atoms. The average Bonchev–Trinajstić information content (AvgIpc) is 3.46. The molecule has 2 bridgehead atoms. The number of hydrogen-bond acceptors (Lipinski definition) is 6. The van der Waals surface area contributed by atoms with Crippen molar-refractivity contribution in [3.63, 3.8) is 0 Å². The van der Waals surface area contributed by atoms with Crippen molar-refractivity contribution in [2.45, 2.75) is 78.0 Å². The van der Waals surface area contributed by atoms with Gasteiger partial charge in [-0.2, -0.15) is 0 Å². The highest BCUT2D eigenvalue weighted by atomic mass is 16.5. The van der Waals surface area contributed by atoms with Crippen LogP contribution in [0.2, 0.25) is 0 Å². The molecule has 1 aromatic carbocycles. The number of fused-ring (bicyclic) bond motifs is 2. The number of carbonyl (C=O) groups excluding carboxylic acids is 3. The minimum Gasteiger partial charge on any atom is -0.504 e. The van der Waals surface area contributed by atoms with Gasteiger partial charge in [0.25, 0.3) is 0 Å². The Labute approximate surface area is 213 Å². The molecule has 1 aliphatic heterocycles. The average molecular weight is 499 g/mol. The summed E-state index contributed by atoms with van der Waals surface area (Å²) in [7, 11) is 1.45. The number of nitrogens with zero attached hydrogens (tertiary/aromatic N) is 1. The predicted octanol–water partition coefficient (Wildman–Crippen LogP) is 3.67. The number of nitrogens with one attached hydrogen (secondary N) is 1. The van der Waals surface area contributed by atoms with Crippen LogP contribution in [0, 0.1) is 16.7 Å². The predicted molar refractivity (Wildman–Crippen MR) is 135 cm³/mol. The Bertz CT molecular complexity index is 1070. The van der Waals surface area contributed by atoms with Crippen LogP contribution >= 0.6 is 0 Å². The molecule has 3 aliphatic rings. The van der Waals surface area contributed by atoms with Gasteiger partial charge in [0.15, 0.2) is 11.5 Å². The van der Waals surface area contributed by atoms with Gasteiger partial charge in [-0.25, -0.2) is 4.79 Å². The third-order valence-electron chi connectivity index (χ3n) is 9.14. The molecule has 2 aliphatic carbocycles. The van der Waals surface area contributed by atoms with E-state index in [-0.39, 0.29) is 34.6 Å². The summed E-state index contributed by atoms with van der Waals surface area (Å²) in [5.41, 5.74) is 0.773. The maximum Gasteiger partial charge on any atom is 0.329 e. The molecule has 3 fully saturated rings. The standard InChI is InChI=1S/C28H38N2O6/c1-17(29-24(32)11-9-18-8-10-21(31)22(15-18)35-5)25(33)30-14-6-7-20(30)26(34)36-23-16-19-12-13-28(23,4)27(19,2)3/h8-11,15,17,19-20,23,31H,6-7,12-14,16H2,1-5H3,(H,29,32)/b11-9+. The van der Waals surface area contributed by atoms with Crippen molar-refractivity contribution >= 4 is 23.9 Å². The molecule has 8 nitrogen and oxygen atoms in total. The first-order valence-corrected chi connectivity index (χ1v) is 12.8. The van der Waals surface area contributed by atoms with E-state index in [1.165, 1.54) is 25.7 Å². The first-order chi connectivity index (χ1) is 17.0. The van der Waals surface area contributed by atoms with E-state index >= 15 is 0 Å². The third kappa shape index (κ3) is 4.58. The molecule has 1 heterocycles. The molecule has 5 atom stereocenters. The molecule has 2 N–H and O–H groups in total. The molecular weight excluding hydrogens is 460 g/mol. The van der Waals surface area contributed by atoms with Gasteiger partial charge < -0.3 is 24.8 Å². The number of amides is 2. The topological polar surface area (TPSA) is 105 Å². The highest BCUT2D eigenvalue weighted by Gasteiger charge is 2.63. The Morgan fingerprint density at radius 2 is 1.97 bits per heavy atom. The molecule has 8 heteroatoms. The second-order valence-corrected chi connectivity index (χ2v) is 11.2. The molecule has 196 valence electrons. The van der Waals surface area contributed by atoms with Crippen molar-refractivity contribution in [1.29, 1.82) is 0 Å². The van der Waals surface area contributed by atoms with Crippen molar-refractivity contribution in [1.82, 2.24) is 10.2 Å². The molecule has 2 amide bonds. The molecule has 5 unspecified atom stereocenters. The van der Waals surface area contributed by atoms with Gasteiger partial charge >= 0.3 is 5.97 Å². The van der Waals surface area contributed by atoms with E-state index in [1.807, 2.05) is 0 Å². The summed E-state index contributed by atoms with van der Waals surface area (Å²) < 4.78 is 11.1. The highest BCUT2D eigenvalue weighted by molar-refractivity contribution is 5.96. The summed E-state index contributed by atoms with van der Waals surface area (Å²) in [6.07, 6.45) is 7.21. The van der Waals surface area contributed by atoms with Gasteiger partial charge in [-0.3, -0.25) is 9.59 Å². The monoisotopic (exact) mass is 498 g/mol. The van der Waals surface area contributed by atoms with E-state index in [1.54, 1.807) is 30.0 Å². The number of methoxy groups -OCH3 is 1. The zero-order valence-electron chi connectivity index (χ0n) is 21.9. The van der Waals surface area contributed by atoms with Gasteiger partial charge in [0.05, 0.1) is 7.11 Å². The number of phenols is 1. The van der Waals surface area contributed by atoms with Crippen LogP contribution in [0.4, 0.5) is 0 Å². The summed E-state index contributed by atoms with van der Waals surface area (Å²) in [4.78, 5) is 40.3. The lowest BCUT2D eigenvalue weighted by molar-refractivity contribution is -0.165. The highest BCUT2D eigenvalue weighted by Crippen LogP contribution is 2.66. The van der Waals surface area contributed by atoms with E-state index in [9.17, 15) is 19.5 Å². The van der Waals surface area contributed by atoms with Crippen molar-refractivity contribution in [2.75, 3.05) is 13.7 Å². The summed E-state index contributed by atoms with van der Waals surface area (Å²) in [6.45, 7) is 8.88. The van der Waals surface area contributed by atoms with Crippen LogP contribution in [0.5, 0.6) is 11.5 Å². The summed E-state index contributed by atoms with van der Waals surface area (Å²) in [5.74, 6) is -0.172. The number of phenolic OH excluding ortho intramolecular Hbond substituents is 1. The largest absolute Gasteiger partial charge is 0.504 e. The van der Waals surface area contributed by atoms with E-state index in [0.717, 1.165) is 19.3 Å². The fourth-order valence-corrected chi connectivity index (χ4v) is 6.34. The maximum atomic E-state index is 13.2. The number of ether oxygens (including phenoxy) is 2. The molecule has 4 rings (SSSR count). The van der Waals surface area contributed by atoms with Crippen LogP contribution in [0.1, 0.15) is 65.4 Å². The van der Waals surface area contributed by atoms with Gasteiger partial charge in [-0.15, -0.1) is 0 Å². The van der Waals surface area contributed by atoms with Gasteiger partial charge in [-0.05, 0) is 74.1 Å². The van der Waals surface area contributed by atoms with Gasteiger partial charge in [0, 0.05) is 18.0 Å². The summed E-state index contributed by atoms with van der Waals surface area (Å²) in [5, 5.41) is 12.4. The van der Waals surface area contributed by atoms with Crippen LogP contribution in [0.25, 0.3) is 6.08 Å². The van der Waals surface area contributed by atoms with E-state index in [0.29, 0.717) is 30.2 Å². The lowest BCUT2D eigenvalue weighted by atomic mass is 9.70. The summed E-state index contributed by atoms with van der Waals surface area (Å²) >= 11 is 0. The Hall–Kier alpha value is -3.03. The van der Waals surface area contributed by atoms with Crippen LogP contribution in [0.3, 0.4) is 0 Å². The van der Waals surface area contributed by atoms with Crippen molar-refractivity contribution < 1.29 is 29.0 Å². The normalized spacial score (nSPS) is 29.4. The lowest BCUT2D eigenvalue weighted by Crippen LogP contribution is -2.51. The first kappa shape index (κ1) is 26.0. The van der Waals surface area contributed by atoms with Crippen LogP contribution in [0.15, 0.2) is 24.3 Å². The van der Waals surface area contributed by atoms with Crippen molar-refractivity contribution in [2.24, 2.45) is 16.7 Å². The van der Waals surface area contributed by atoms with Gasteiger partial charge in [-0.1, -0.05) is 26.8 Å². The SMILES string of the molecule is COc1cc(/C=C/C(=O)NC(C)C(=O)N2CCCC2C(=O)OC2CC3CCC2(C)C3(C)C)ccc1O. The fraction of sp³-hybridized carbons (Fsp3) is 0.607. The Morgan fingerprint density at radius 3 is 2.61 bits per heavy atom. The summed E-state index contributed by atoms with van der Waals surface area (Å²) in [6, 6.07) is 3.33. The Kier molecular flexibility index (Phi) is 7.08. The minimum absolute atomic E-state index is 0.00951. The molecule has 0 spiro atoms. The second kappa shape index (κ2) is 9.79. The van der Waals surface area contributed by atoms with Crippen LogP contribution in [-0.4, -0.2) is 59.6 Å². The quantitative estimate of drug-likeness (QED) is 0.439. The van der Waals surface area contributed by atoms with E-state index < -0.39 is 18.0 Å². The molecule has 0 radical (unpaired) electrons. The van der Waals surface area contributed by atoms with Gasteiger partial charge in [0.2, 0.25) is 11.8 Å². The second-order valence-electron chi connectivity index (χ2n) is 11.2. The maximum absolute atomic E-state index is 13.2. The zero-order chi connectivity index (χ0) is 26.3. The van der Waals surface area contributed by atoms with Crippen LogP contribution < -0.4 is 10.1 Å². The van der Waals surface area contributed by atoms with Crippen molar-refractivity contribution in [3.8, 4) is 11.5 Å². The number of likely N-dealkylation sites (tertiary alicyclic amines) is 1. The van der Waals surface area contributed by atoms with Crippen LogP contribution in [-0.2, 0) is 19.1 Å². The zero-order valence-corrected chi connectivity index (χ0v) is 21.9. The number of rotatable bonds is 7. The number of esters is 1. The fourth-order valence-electron chi connectivity index (χ4n) is 6.34. The number of carbonyl (C=O) groups is 3. The number of hydrogen-bond donors (Lipinski definition) is 2. The smallest absolute Gasteiger partial charge is 0.329 e. The molecular formula is C28H38N2O6. The lowest BCUT2D eigenvalue weighted by Gasteiger charge is -2.39. The molecule has 1 saturated heterocycles. The van der Waals surface area contributed by atoms with Gasteiger partial charge in [0.1, 0.15) is 18.2 Å². The molecule has 0 aromatic heterocycles. The van der Waals surface area contributed by atoms with E-state index in [2.05, 4.69) is 26.1 Å². The molecule has 2 saturated carbocycles. The number of benzene rings is 1. The molecule has 1 aromatic rings. The third-order valence-corrected chi connectivity index (χ3v) is 9.14. The van der Waals surface area contributed by atoms with E-state index in [4.69, 9.17) is 9.47 Å². The minimum atomic E-state index is -0.788. The Morgan fingerprint density at radius 1 is 1.22 bits per heavy atom. The van der Waals surface area contributed by atoms with Crippen molar-refractivity contribution in [3.05, 3.63) is 29.8 Å². The Balaban J connectivity index is 1.34.